The number of fused-ring (bicyclic) bond motifs is 1. The highest BCUT2D eigenvalue weighted by molar-refractivity contribution is 7.22. The van der Waals surface area contributed by atoms with Crippen LogP contribution in [0.25, 0.3) is 10.2 Å². The lowest BCUT2D eigenvalue weighted by atomic mass is 10.1. The number of thiazole rings is 1. The zero-order valence-corrected chi connectivity index (χ0v) is 17.7. The average molecular weight is 433 g/mol. The second-order valence-electron chi connectivity index (χ2n) is 6.37. The van der Waals surface area contributed by atoms with Gasteiger partial charge in [-0.25, -0.2) is 4.98 Å². The Kier molecular flexibility index (Phi) is 6.79. The second kappa shape index (κ2) is 9.30. The Morgan fingerprint density at radius 3 is 2.55 bits per heavy atom. The second-order valence-corrected chi connectivity index (χ2v) is 7.81. The first-order valence-electron chi connectivity index (χ1n) is 9.28. The molecule has 1 heterocycles. The lowest BCUT2D eigenvalue weighted by Crippen LogP contribution is -2.39. The predicted octanol–water partition coefficient (Wildman–Crippen LogP) is 4.85. The number of hydrogen-bond acceptors (Lipinski definition) is 6. The molecule has 0 aliphatic carbocycles. The molecular formula is C20H21ClN4O3S. The number of rotatable bonds is 8. The van der Waals surface area contributed by atoms with E-state index in [1.54, 1.807) is 0 Å². The minimum atomic E-state index is -0.565. The molecule has 0 aliphatic heterocycles. The van der Waals surface area contributed by atoms with E-state index in [-0.39, 0.29) is 16.3 Å². The van der Waals surface area contributed by atoms with Gasteiger partial charge in [-0.15, -0.1) is 0 Å². The van der Waals surface area contributed by atoms with Gasteiger partial charge in [0.25, 0.3) is 11.6 Å². The number of aromatic nitrogens is 1. The SMILES string of the molecule is CCN(CC)CCN(C(=O)c1cc(Cl)ccc1[N+](=O)[O-])c1nc2ccccc2s1. The van der Waals surface area contributed by atoms with Crippen LogP contribution in [0.5, 0.6) is 0 Å². The van der Waals surface area contributed by atoms with Crippen LogP contribution in [-0.2, 0) is 0 Å². The van der Waals surface area contributed by atoms with Crippen molar-refractivity contribution in [2.75, 3.05) is 31.1 Å². The highest BCUT2D eigenvalue weighted by Gasteiger charge is 2.28. The van der Waals surface area contributed by atoms with Gasteiger partial charge in [-0.2, -0.15) is 0 Å². The number of anilines is 1. The molecule has 7 nitrogen and oxygen atoms in total. The van der Waals surface area contributed by atoms with E-state index in [0.29, 0.717) is 18.2 Å². The zero-order chi connectivity index (χ0) is 21.0. The number of likely N-dealkylation sites (N-methyl/N-ethyl adjacent to an activating group) is 1. The average Bonchev–Trinajstić information content (AvgIpc) is 3.14. The number of carbonyl (C=O) groups is 1. The first-order valence-corrected chi connectivity index (χ1v) is 10.5. The van der Waals surface area contributed by atoms with Crippen LogP contribution in [0.3, 0.4) is 0 Å². The third-order valence-corrected chi connectivity index (χ3v) is 5.97. The van der Waals surface area contributed by atoms with Gasteiger partial charge in [-0.05, 0) is 37.4 Å². The van der Waals surface area contributed by atoms with Crippen LogP contribution in [0.1, 0.15) is 24.2 Å². The number of benzene rings is 2. The molecule has 0 aliphatic rings. The summed E-state index contributed by atoms with van der Waals surface area (Å²) in [5.74, 6) is -0.481. The first-order chi connectivity index (χ1) is 13.9. The van der Waals surface area contributed by atoms with Crippen LogP contribution in [-0.4, -0.2) is 46.9 Å². The van der Waals surface area contributed by atoms with Crippen molar-refractivity contribution in [3.8, 4) is 0 Å². The van der Waals surface area contributed by atoms with E-state index in [1.165, 1.54) is 34.4 Å². The van der Waals surface area contributed by atoms with Crippen molar-refractivity contribution in [3.05, 3.63) is 63.2 Å². The Bertz CT molecular complexity index is 1000. The topological polar surface area (TPSA) is 79.6 Å². The quantitative estimate of drug-likeness (QED) is 0.375. The van der Waals surface area contributed by atoms with Crippen molar-refractivity contribution in [3.63, 3.8) is 0 Å². The Hall–Kier alpha value is -2.55. The van der Waals surface area contributed by atoms with Crippen LogP contribution >= 0.6 is 22.9 Å². The van der Waals surface area contributed by atoms with Crippen LogP contribution < -0.4 is 4.90 Å². The third-order valence-electron chi connectivity index (χ3n) is 4.68. The normalized spacial score (nSPS) is 11.2. The van der Waals surface area contributed by atoms with Crippen LogP contribution in [0.4, 0.5) is 10.8 Å². The van der Waals surface area contributed by atoms with Crippen molar-refractivity contribution in [1.29, 1.82) is 0 Å². The number of amides is 1. The van der Waals surface area contributed by atoms with Gasteiger partial charge in [0.05, 0.1) is 15.1 Å². The molecule has 1 amide bonds. The monoisotopic (exact) mass is 432 g/mol. The van der Waals surface area contributed by atoms with E-state index in [9.17, 15) is 14.9 Å². The lowest BCUT2D eigenvalue weighted by molar-refractivity contribution is -0.385. The summed E-state index contributed by atoms with van der Waals surface area (Å²) in [6, 6.07) is 11.6. The first kappa shape index (κ1) is 21.2. The maximum absolute atomic E-state index is 13.4. The maximum atomic E-state index is 13.4. The molecule has 29 heavy (non-hydrogen) atoms. The summed E-state index contributed by atoms with van der Waals surface area (Å²) in [6.07, 6.45) is 0. The van der Waals surface area contributed by atoms with Gasteiger partial charge >= 0.3 is 0 Å². The highest BCUT2D eigenvalue weighted by atomic mass is 35.5. The van der Waals surface area contributed by atoms with E-state index < -0.39 is 10.8 Å². The summed E-state index contributed by atoms with van der Waals surface area (Å²) >= 11 is 7.42. The van der Waals surface area contributed by atoms with Gasteiger partial charge in [0.2, 0.25) is 0 Å². The van der Waals surface area contributed by atoms with E-state index in [1.807, 2.05) is 24.3 Å². The number of nitrogens with zero attached hydrogens (tertiary/aromatic N) is 4. The Morgan fingerprint density at radius 2 is 1.90 bits per heavy atom. The van der Waals surface area contributed by atoms with Crippen molar-refractivity contribution < 1.29 is 9.72 Å². The number of para-hydroxylation sites is 1. The molecule has 0 bridgehead atoms. The van der Waals surface area contributed by atoms with Gasteiger partial charge in [-0.1, -0.05) is 48.9 Å². The molecule has 0 unspecified atom stereocenters. The van der Waals surface area contributed by atoms with Crippen molar-refractivity contribution in [2.24, 2.45) is 0 Å². The molecule has 0 N–H and O–H groups in total. The molecule has 0 saturated carbocycles. The van der Waals surface area contributed by atoms with E-state index >= 15 is 0 Å². The number of halogens is 1. The molecule has 2 aromatic carbocycles. The molecule has 0 spiro atoms. The molecular weight excluding hydrogens is 412 g/mol. The molecule has 9 heteroatoms. The van der Waals surface area contributed by atoms with Crippen molar-refractivity contribution >= 4 is 49.9 Å². The lowest BCUT2D eigenvalue weighted by Gasteiger charge is -2.24. The smallest absolute Gasteiger partial charge is 0.282 e. The molecule has 3 rings (SSSR count). The van der Waals surface area contributed by atoms with E-state index in [4.69, 9.17) is 11.6 Å². The summed E-state index contributed by atoms with van der Waals surface area (Å²) in [5.41, 5.74) is 0.475. The predicted molar refractivity (Wildman–Crippen MR) is 117 cm³/mol. The number of hydrogen-bond donors (Lipinski definition) is 0. The van der Waals surface area contributed by atoms with Gasteiger partial charge in [0, 0.05) is 24.2 Å². The third kappa shape index (κ3) is 4.72. The fourth-order valence-electron chi connectivity index (χ4n) is 3.02. The van der Waals surface area contributed by atoms with Crippen LogP contribution in [0, 0.1) is 10.1 Å². The number of carbonyl (C=O) groups excluding carboxylic acids is 1. The maximum Gasteiger partial charge on any atom is 0.282 e. The standard InChI is InChI=1S/C20H21ClN4O3S/c1-3-23(4-2)11-12-24(20-22-16-7-5-6-8-18(16)29-20)19(26)15-13-14(21)9-10-17(15)25(27)28/h5-10,13H,3-4,11-12H2,1-2H3. The highest BCUT2D eigenvalue weighted by Crippen LogP contribution is 2.31. The Balaban J connectivity index is 2.03. The summed E-state index contributed by atoms with van der Waals surface area (Å²) in [6.45, 7) is 6.78. The summed E-state index contributed by atoms with van der Waals surface area (Å²) in [5, 5.41) is 12.2. The summed E-state index contributed by atoms with van der Waals surface area (Å²) < 4.78 is 0.948. The van der Waals surface area contributed by atoms with Crippen molar-refractivity contribution in [2.45, 2.75) is 13.8 Å². The largest absolute Gasteiger partial charge is 0.302 e. The van der Waals surface area contributed by atoms with Crippen LogP contribution in [0.2, 0.25) is 5.02 Å². The number of nitro benzene ring substituents is 1. The molecule has 0 saturated heterocycles. The van der Waals surface area contributed by atoms with E-state index in [2.05, 4.69) is 23.7 Å². The fraction of sp³-hybridized carbons (Fsp3) is 0.300. The van der Waals surface area contributed by atoms with Gasteiger partial charge in [0.1, 0.15) is 5.56 Å². The number of nitro groups is 1. The van der Waals surface area contributed by atoms with Crippen LogP contribution in [0.15, 0.2) is 42.5 Å². The minimum absolute atomic E-state index is 0.0405. The Labute approximate surface area is 177 Å². The molecule has 3 aromatic rings. The Morgan fingerprint density at radius 1 is 1.17 bits per heavy atom. The molecule has 0 radical (unpaired) electrons. The zero-order valence-electron chi connectivity index (χ0n) is 16.2. The molecule has 0 atom stereocenters. The minimum Gasteiger partial charge on any atom is -0.302 e. The molecule has 152 valence electrons. The summed E-state index contributed by atoms with van der Waals surface area (Å²) in [4.78, 5) is 32.6. The molecule has 1 aromatic heterocycles. The van der Waals surface area contributed by atoms with Gasteiger partial charge in [-0.3, -0.25) is 19.8 Å². The fourth-order valence-corrected chi connectivity index (χ4v) is 4.19. The summed E-state index contributed by atoms with van der Waals surface area (Å²) in [7, 11) is 0. The molecule has 0 fully saturated rings. The van der Waals surface area contributed by atoms with Gasteiger partial charge in [0.15, 0.2) is 5.13 Å². The van der Waals surface area contributed by atoms with Gasteiger partial charge < -0.3 is 4.90 Å². The van der Waals surface area contributed by atoms with Crippen molar-refractivity contribution in [1.82, 2.24) is 9.88 Å². The van der Waals surface area contributed by atoms with E-state index in [0.717, 1.165) is 23.3 Å².